The van der Waals surface area contributed by atoms with Crippen molar-refractivity contribution < 1.29 is 5.11 Å². The zero-order valence-electron chi connectivity index (χ0n) is 7.67. The van der Waals surface area contributed by atoms with E-state index in [0.29, 0.717) is 13.1 Å². The summed E-state index contributed by atoms with van der Waals surface area (Å²) >= 11 is 0. The molecule has 0 radical (unpaired) electrons. The SMILES string of the molecule is N#C[C@H](c1cccnc1)N1CC(O)C1. The van der Waals surface area contributed by atoms with Gasteiger partial charge in [0, 0.05) is 31.0 Å². The Balaban J connectivity index is 2.12. The zero-order chi connectivity index (χ0) is 9.97. The number of pyridine rings is 1. The number of aliphatic hydroxyl groups is 1. The van der Waals surface area contributed by atoms with E-state index < -0.39 is 0 Å². The number of hydrogen-bond acceptors (Lipinski definition) is 4. The lowest BCUT2D eigenvalue weighted by atomic mass is 10.0. The summed E-state index contributed by atoms with van der Waals surface area (Å²) in [5.41, 5.74) is 0.891. The van der Waals surface area contributed by atoms with Crippen molar-refractivity contribution in [3.8, 4) is 6.07 Å². The predicted octanol–water partition coefficient (Wildman–Crippen LogP) is 0.323. The van der Waals surface area contributed by atoms with Gasteiger partial charge in [-0.3, -0.25) is 9.88 Å². The minimum atomic E-state index is -0.275. The summed E-state index contributed by atoms with van der Waals surface area (Å²) in [6.07, 6.45) is 3.10. The topological polar surface area (TPSA) is 60.2 Å². The molecule has 4 nitrogen and oxygen atoms in total. The lowest BCUT2D eigenvalue weighted by Gasteiger charge is -2.38. The number of rotatable bonds is 2. The highest BCUT2D eigenvalue weighted by Gasteiger charge is 2.31. The highest BCUT2D eigenvalue weighted by molar-refractivity contribution is 5.21. The van der Waals surface area contributed by atoms with E-state index in [1.807, 2.05) is 17.0 Å². The lowest BCUT2D eigenvalue weighted by molar-refractivity contribution is -0.0127. The Morgan fingerprint density at radius 2 is 2.43 bits per heavy atom. The lowest BCUT2D eigenvalue weighted by Crippen LogP contribution is -2.51. The van der Waals surface area contributed by atoms with Gasteiger partial charge in [0.15, 0.2) is 0 Å². The van der Waals surface area contributed by atoms with Gasteiger partial charge < -0.3 is 5.11 Å². The van der Waals surface area contributed by atoms with Crippen LogP contribution in [0.3, 0.4) is 0 Å². The standard InChI is InChI=1S/C10H11N3O/c11-4-10(13-6-9(14)7-13)8-2-1-3-12-5-8/h1-3,5,9-10,14H,6-7H2/t10-/m1/s1. The maximum absolute atomic E-state index is 9.14. The van der Waals surface area contributed by atoms with Crippen LogP contribution >= 0.6 is 0 Å². The number of likely N-dealkylation sites (tertiary alicyclic amines) is 1. The Morgan fingerprint density at radius 3 is 2.93 bits per heavy atom. The van der Waals surface area contributed by atoms with Crippen molar-refractivity contribution in [2.75, 3.05) is 13.1 Å². The largest absolute Gasteiger partial charge is 0.390 e. The Hall–Kier alpha value is -1.44. The molecule has 1 saturated heterocycles. The van der Waals surface area contributed by atoms with Crippen molar-refractivity contribution in [3.63, 3.8) is 0 Å². The third-order valence-corrected chi connectivity index (χ3v) is 2.38. The van der Waals surface area contributed by atoms with Crippen molar-refractivity contribution in [2.45, 2.75) is 12.1 Å². The molecule has 0 aromatic carbocycles. The molecular weight excluding hydrogens is 178 g/mol. The first-order chi connectivity index (χ1) is 6.81. The van der Waals surface area contributed by atoms with Crippen molar-refractivity contribution in [3.05, 3.63) is 30.1 Å². The van der Waals surface area contributed by atoms with Gasteiger partial charge in [0.25, 0.3) is 0 Å². The summed E-state index contributed by atoms with van der Waals surface area (Å²) in [6, 6.07) is 5.64. The molecule has 2 heterocycles. The smallest absolute Gasteiger partial charge is 0.125 e. The van der Waals surface area contributed by atoms with Crippen LogP contribution in [0.4, 0.5) is 0 Å². The molecule has 2 rings (SSSR count). The van der Waals surface area contributed by atoms with E-state index >= 15 is 0 Å². The van der Waals surface area contributed by atoms with Crippen LogP contribution < -0.4 is 0 Å². The molecule has 0 aliphatic carbocycles. The molecule has 1 aliphatic heterocycles. The molecule has 14 heavy (non-hydrogen) atoms. The van der Waals surface area contributed by atoms with Gasteiger partial charge in [0.2, 0.25) is 0 Å². The van der Waals surface area contributed by atoms with Gasteiger partial charge in [0.1, 0.15) is 6.04 Å². The number of aliphatic hydroxyl groups excluding tert-OH is 1. The Morgan fingerprint density at radius 1 is 1.64 bits per heavy atom. The normalized spacial score (nSPS) is 19.7. The van der Waals surface area contributed by atoms with Crippen LogP contribution in [0.2, 0.25) is 0 Å². The maximum atomic E-state index is 9.14. The van der Waals surface area contributed by atoms with Crippen LogP contribution in [0.25, 0.3) is 0 Å². The highest BCUT2D eigenvalue weighted by Crippen LogP contribution is 2.24. The molecule has 0 bridgehead atoms. The van der Waals surface area contributed by atoms with Gasteiger partial charge in [-0.1, -0.05) is 6.07 Å². The molecule has 0 amide bonds. The Kier molecular flexibility index (Phi) is 2.44. The first-order valence-corrected chi connectivity index (χ1v) is 4.53. The monoisotopic (exact) mass is 189 g/mol. The second kappa shape index (κ2) is 3.74. The van der Waals surface area contributed by atoms with Gasteiger partial charge in [-0.2, -0.15) is 5.26 Å². The third kappa shape index (κ3) is 1.60. The molecule has 4 heteroatoms. The van der Waals surface area contributed by atoms with Crippen molar-refractivity contribution in [2.24, 2.45) is 0 Å². The van der Waals surface area contributed by atoms with Gasteiger partial charge in [0.05, 0.1) is 12.2 Å². The van der Waals surface area contributed by atoms with Crippen LogP contribution in [0.5, 0.6) is 0 Å². The van der Waals surface area contributed by atoms with Gasteiger partial charge in [-0.05, 0) is 6.07 Å². The van der Waals surface area contributed by atoms with Crippen molar-refractivity contribution in [1.29, 1.82) is 5.26 Å². The van der Waals surface area contributed by atoms with E-state index in [1.165, 1.54) is 0 Å². The van der Waals surface area contributed by atoms with Crippen LogP contribution in [0.1, 0.15) is 11.6 Å². The molecule has 1 aliphatic rings. The van der Waals surface area contributed by atoms with Crippen LogP contribution in [0, 0.1) is 11.3 Å². The second-order valence-corrected chi connectivity index (χ2v) is 3.43. The van der Waals surface area contributed by atoms with Crippen LogP contribution in [0.15, 0.2) is 24.5 Å². The fourth-order valence-corrected chi connectivity index (χ4v) is 1.60. The highest BCUT2D eigenvalue weighted by atomic mass is 16.3. The zero-order valence-corrected chi connectivity index (χ0v) is 7.67. The molecule has 0 saturated carbocycles. The van der Waals surface area contributed by atoms with E-state index in [0.717, 1.165) is 5.56 Å². The third-order valence-electron chi connectivity index (χ3n) is 2.38. The molecule has 1 aromatic rings. The fraction of sp³-hybridized carbons (Fsp3) is 0.400. The summed E-state index contributed by atoms with van der Waals surface area (Å²) in [5, 5.41) is 18.1. The maximum Gasteiger partial charge on any atom is 0.125 e. The minimum absolute atomic E-state index is 0.271. The Labute approximate surface area is 82.4 Å². The number of nitrogens with zero attached hydrogens (tertiary/aromatic N) is 3. The van der Waals surface area contributed by atoms with Crippen LogP contribution in [-0.2, 0) is 0 Å². The van der Waals surface area contributed by atoms with Gasteiger partial charge >= 0.3 is 0 Å². The van der Waals surface area contributed by atoms with Gasteiger partial charge in [-0.15, -0.1) is 0 Å². The minimum Gasteiger partial charge on any atom is -0.390 e. The summed E-state index contributed by atoms with van der Waals surface area (Å²) in [4.78, 5) is 5.91. The molecule has 72 valence electrons. The van der Waals surface area contributed by atoms with E-state index in [9.17, 15) is 0 Å². The van der Waals surface area contributed by atoms with Crippen molar-refractivity contribution >= 4 is 0 Å². The van der Waals surface area contributed by atoms with Crippen LogP contribution in [-0.4, -0.2) is 34.2 Å². The molecule has 0 spiro atoms. The summed E-state index contributed by atoms with van der Waals surface area (Å²) < 4.78 is 0. The average molecular weight is 189 g/mol. The molecule has 1 fully saturated rings. The molecule has 1 aromatic heterocycles. The molecular formula is C10H11N3O. The molecule has 1 N–H and O–H groups in total. The van der Waals surface area contributed by atoms with E-state index in [4.69, 9.17) is 10.4 Å². The molecule has 0 unspecified atom stereocenters. The fourth-order valence-electron chi connectivity index (χ4n) is 1.60. The summed E-state index contributed by atoms with van der Waals surface area (Å²) in [5.74, 6) is 0. The average Bonchev–Trinajstić information content (AvgIpc) is 2.18. The molecule has 1 atom stereocenters. The second-order valence-electron chi connectivity index (χ2n) is 3.43. The number of nitriles is 1. The number of β-amino-alcohol motifs (C(OH)–C–C–N with tert-alkyl or cyclic N) is 1. The van der Waals surface area contributed by atoms with E-state index in [1.54, 1.807) is 12.4 Å². The predicted molar refractivity (Wildman–Crippen MR) is 50.2 cm³/mol. The Bertz CT molecular complexity index is 340. The van der Waals surface area contributed by atoms with Crippen molar-refractivity contribution in [1.82, 2.24) is 9.88 Å². The number of hydrogen-bond donors (Lipinski definition) is 1. The first kappa shape index (κ1) is 9.13. The number of aromatic nitrogens is 1. The summed E-state index contributed by atoms with van der Waals surface area (Å²) in [7, 11) is 0. The quantitative estimate of drug-likeness (QED) is 0.728. The van der Waals surface area contributed by atoms with E-state index in [2.05, 4.69) is 11.1 Å². The van der Waals surface area contributed by atoms with E-state index in [-0.39, 0.29) is 12.1 Å². The first-order valence-electron chi connectivity index (χ1n) is 4.53. The van der Waals surface area contributed by atoms with Gasteiger partial charge in [-0.25, -0.2) is 0 Å². The summed E-state index contributed by atoms with van der Waals surface area (Å²) in [6.45, 7) is 1.15.